The number of sulfonamides is 1. The van der Waals surface area contributed by atoms with E-state index in [2.05, 4.69) is 4.72 Å². The molecule has 3 nitrogen and oxygen atoms in total. The summed E-state index contributed by atoms with van der Waals surface area (Å²) in [6.45, 7) is 0.303. The van der Waals surface area contributed by atoms with Gasteiger partial charge in [-0.2, -0.15) is 0 Å². The molecule has 12 heavy (non-hydrogen) atoms. The molecule has 0 saturated carbocycles. The minimum atomic E-state index is -3.26. The fraction of sp³-hybridized carbons (Fsp3) is 0.143. The van der Waals surface area contributed by atoms with Gasteiger partial charge in [0, 0.05) is 17.1 Å². The van der Waals surface area contributed by atoms with Crippen LogP contribution in [-0.2, 0) is 16.6 Å². The molecule has 64 valence electrons. The van der Waals surface area contributed by atoms with Crippen LogP contribution in [0.25, 0.3) is 0 Å². The van der Waals surface area contributed by atoms with E-state index in [9.17, 15) is 8.42 Å². The first-order chi connectivity index (χ1) is 5.61. The van der Waals surface area contributed by atoms with Crippen molar-refractivity contribution < 1.29 is 8.42 Å². The highest BCUT2D eigenvalue weighted by molar-refractivity contribution is 7.89. The third kappa shape index (κ3) is 1.03. The largest absolute Gasteiger partial charge is 0.241 e. The maximum Gasteiger partial charge on any atom is 0.241 e. The second-order valence-electron chi connectivity index (χ2n) is 2.54. The summed E-state index contributed by atoms with van der Waals surface area (Å²) in [5.74, 6) is 0. The van der Waals surface area contributed by atoms with Gasteiger partial charge in [-0.15, -0.1) is 0 Å². The summed E-state index contributed by atoms with van der Waals surface area (Å²) in [6.07, 6.45) is 0. The van der Waals surface area contributed by atoms with Crippen LogP contribution >= 0.6 is 11.6 Å². The predicted molar refractivity (Wildman–Crippen MR) is 45.5 cm³/mol. The van der Waals surface area contributed by atoms with Crippen LogP contribution < -0.4 is 4.72 Å². The summed E-state index contributed by atoms with van der Waals surface area (Å²) >= 11 is 5.79. The Morgan fingerprint density at radius 3 is 2.83 bits per heavy atom. The fourth-order valence-electron chi connectivity index (χ4n) is 1.21. The molecule has 2 rings (SSSR count). The van der Waals surface area contributed by atoms with Crippen LogP contribution in [0, 0.1) is 0 Å². The van der Waals surface area contributed by atoms with E-state index in [1.165, 1.54) is 0 Å². The van der Waals surface area contributed by atoms with Crippen LogP contribution in [0.15, 0.2) is 23.1 Å². The molecule has 1 heterocycles. The molecular formula is C7H6ClNO2S. The Morgan fingerprint density at radius 2 is 2.17 bits per heavy atom. The Labute approximate surface area is 75.4 Å². The van der Waals surface area contributed by atoms with Gasteiger partial charge in [0.25, 0.3) is 0 Å². The lowest BCUT2D eigenvalue weighted by Gasteiger charge is -1.96. The number of benzene rings is 1. The van der Waals surface area contributed by atoms with E-state index in [0.29, 0.717) is 22.0 Å². The van der Waals surface area contributed by atoms with Crippen molar-refractivity contribution >= 4 is 21.6 Å². The lowest BCUT2D eigenvalue weighted by Crippen LogP contribution is -2.13. The van der Waals surface area contributed by atoms with Gasteiger partial charge < -0.3 is 0 Å². The quantitative estimate of drug-likeness (QED) is 0.687. The van der Waals surface area contributed by atoms with Crippen LogP contribution in [0.3, 0.4) is 0 Å². The maximum absolute atomic E-state index is 11.2. The highest BCUT2D eigenvalue weighted by Crippen LogP contribution is 2.28. The SMILES string of the molecule is O=S1(=O)NCc2c(Cl)cccc21. The Bertz CT molecular complexity index is 427. The third-order valence-corrected chi connectivity index (χ3v) is 3.64. The van der Waals surface area contributed by atoms with E-state index in [-0.39, 0.29) is 0 Å². The first-order valence-corrected chi connectivity index (χ1v) is 5.24. The molecule has 1 N–H and O–H groups in total. The van der Waals surface area contributed by atoms with Crippen molar-refractivity contribution in [3.63, 3.8) is 0 Å². The van der Waals surface area contributed by atoms with Crippen molar-refractivity contribution in [2.24, 2.45) is 0 Å². The summed E-state index contributed by atoms with van der Waals surface area (Å²) in [5, 5.41) is 0.501. The number of hydrogen-bond donors (Lipinski definition) is 1. The summed E-state index contributed by atoms with van der Waals surface area (Å²) < 4.78 is 24.9. The molecule has 0 bridgehead atoms. The molecule has 1 aliphatic heterocycles. The van der Waals surface area contributed by atoms with Gasteiger partial charge in [-0.05, 0) is 12.1 Å². The molecule has 0 unspecified atom stereocenters. The Kier molecular flexibility index (Phi) is 1.64. The molecule has 0 fully saturated rings. The van der Waals surface area contributed by atoms with Gasteiger partial charge >= 0.3 is 0 Å². The van der Waals surface area contributed by atoms with Crippen LogP contribution in [-0.4, -0.2) is 8.42 Å². The third-order valence-electron chi connectivity index (χ3n) is 1.80. The molecule has 0 atom stereocenters. The Hall–Kier alpha value is -0.580. The van der Waals surface area contributed by atoms with E-state index in [1.54, 1.807) is 18.2 Å². The van der Waals surface area contributed by atoms with Crippen LogP contribution in [0.1, 0.15) is 5.56 Å². The fourth-order valence-corrected chi connectivity index (χ4v) is 2.76. The van der Waals surface area contributed by atoms with Crippen molar-refractivity contribution in [1.82, 2.24) is 4.72 Å². The molecule has 1 aliphatic rings. The number of fused-ring (bicyclic) bond motifs is 1. The van der Waals surface area contributed by atoms with Crippen molar-refractivity contribution in [1.29, 1.82) is 0 Å². The predicted octanol–water partition coefficient (Wildman–Crippen LogP) is 1.13. The van der Waals surface area contributed by atoms with Crippen LogP contribution in [0.4, 0.5) is 0 Å². The molecule has 5 heteroatoms. The minimum Gasteiger partial charge on any atom is -0.207 e. The number of hydrogen-bond acceptors (Lipinski definition) is 2. The summed E-state index contributed by atoms with van der Waals surface area (Å²) in [6, 6.07) is 4.87. The molecule has 1 aromatic carbocycles. The maximum atomic E-state index is 11.2. The average molecular weight is 204 g/mol. The van der Waals surface area contributed by atoms with Gasteiger partial charge in [0.05, 0.1) is 4.90 Å². The van der Waals surface area contributed by atoms with E-state index in [4.69, 9.17) is 11.6 Å². The molecule has 0 saturated heterocycles. The zero-order chi connectivity index (χ0) is 8.77. The molecule has 0 spiro atoms. The monoisotopic (exact) mass is 203 g/mol. The first kappa shape index (κ1) is 8.04. The normalized spacial score (nSPS) is 19.1. The van der Waals surface area contributed by atoms with E-state index >= 15 is 0 Å². The Morgan fingerprint density at radius 1 is 1.42 bits per heavy atom. The van der Waals surface area contributed by atoms with Gasteiger partial charge in [-0.3, -0.25) is 0 Å². The van der Waals surface area contributed by atoms with Gasteiger partial charge in [-0.25, -0.2) is 13.1 Å². The Balaban J connectivity index is 2.78. The molecule has 0 aliphatic carbocycles. The minimum absolute atomic E-state index is 0.301. The molecular weight excluding hydrogens is 198 g/mol. The summed E-state index contributed by atoms with van der Waals surface area (Å²) in [7, 11) is -3.26. The highest BCUT2D eigenvalue weighted by Gasteiger charge is 2.26. The standard InChI is InChI=1S/C7H6ClNO2S/c8-6-2-1-3-7-5(6)4-9-12(7,10)11/h1-3,9H,4H2. The van der Waals surface area contributed by atoms with Crippen LogP contribution in [0.2, 0.25) is 5.02 Å². The lowest BCUT2D eigenvalue weighted by molar-refractivity contribution is 0.589. The van der Waals surface area contributed by atoms with Crippen molar-refractivity contribution in [3.05, 3.63) is 28.8 Å². The molecule has 0 radical (unpaired) electrons. The topological polar surface area (TPSA) is 46.2 Å². The van der Waals surface area contributed by atoms with Gasteiger partial charge in [0.15, 0.2) is 0 Å². The van der Waals surface area contributed by atoms with E-state index in [1.807, 2.05) is 0 Å². The second-order valence-corrected chi connectivity index (χ2v) is 4.68. The molecule has 1 aromatic rings. The number of nitrogens with one attached hydrogen (secondary N) is 1. The lowest BCUT2D eigenvalue weighted by atomic mass is 10.2. The van der Waals surface area contributed by atoms with Gasteiger partial charge in [0.1, 0.15) is 0 Å². The van der Waals surface area contributed by atoms with Crippen LogP contribution in [0.5, 0.6) is 0 Å². The zero-order valence-electron chi connectivity index (χ0n) is 6.04. The average Bonchev–Trinajstić information content (AvgIpc) is 2.30. The van der Waals surface area contributed by atoms with Crippen molar-refractivity contribution in [3.8, 4) is 0 Å². The highest BCUT2D eigenvalue weighted by atomic mass is 35.5. The van der Waals surface area contributed by atoms with Gasteiger partial charge in [-0.1, -0.05) is 17.7 Å². The summed E-state index contributed by atoms with van der Waals surface area (Å²) in [5.41, 5.74) is 0.666. The summed E-state index contributed by atoms with van der Waals surface area (Å²) in [4.78, 5) is 0.301. The number of rotatable bonds is 0. The van der Waals surface area contributed by atoms with Crippen molar-refractivity contribution in [2.45, 2.75) is 11.4 Å². The molecule has 0 aromatic heterocycles. The van der Waals surface area contributed by atoms with E-state index in [0.717, 1.165) is 0 Å². The smallest absolute Gasteiger partial charge is 0.207 e. The first-order valence-electron chi connectivity index (χ1n) is 3.38. The van der Waals surface area contributed by atoms with E-state index < -0.39 is 10.0 Å². The second kappa shape index (κ2) is 2.45. The van der Waals surface area contributed by atoms with Gasteiger partial charge in [0.2, 0.25) is 10.0 Å². The molecule has 0 amide bonds. The zero-order valence-corrected chi connectivity index (χ0v) is 7.61. The number of halogens is 1. The van der Waals surface area contributed by atoms with Crippen molar-refractivity contribution in [2.75, 3.05) is 0 Å².